The van der Waals surface area contributed by atoms with E-state index in [1.54, 1.807) is 19.2 Å². The van der Waals surface area contributed by atoms with Gasteiger partial charge in [-0.1, -0.05) is 0 Å². The Morgan fingerprint density at radius 3 is 2.53 bits per heavy atom. The van der Waals surface area contributed by atoms with Gasteiger partial charge >= 0.3 is 0 Å². The van der Waals surface area contributed by atoms with Crippen molar-refractivity contribution in [3.63, 3.8) is 0 Å². The molecule has 0 amide bonds. The van der Waals surface area contributed by atoms with Gasteiger partial charge in [0.15, 0.2) is 0 Å². The van der Waals surface area contributed by atoms with Gasteiger partial charge in [0.25, 0.3) is 5.56 Å². The minimum absolute atomic E-state index is 0.135. The van der Waals surface area contributed by atoms with Crippen LogP contribution in [-0.4, -0.2) is 9.55 Å². The second kappa shape index (κ2) is 3.65. The molecule has 0 aliphatic rings. The molecule has 1 heterocycles. The molecular formula is C11H9FN2O. The molecule has 0 aliphatic carbocycles. The van der Waals surface area contributed by atoms with Gasteiger partial charge in [0.1, 0.15) is 11.6 Å². The van der Waals surface area contributed by atoms with E-state index in [1.165, 1.54) is 29.0 Å². The highest BCUT2D eigenvalue weighted by Gasteiger charge is 2.03. The number of benzene rings is 1. The molecule has 0 saturated carbocycles. The summed E-state index contributed by atoms with van der Waals surface area (Å²) in [6.45, 7) is 0. The zero-order chi connectivity index (χ0) is 10.8. The smallest absolute Gasteiger partial charge is 0.253 e. The Bertz CT molecular complexity index is 531. The Hall–Kier alpha value is -1.97. The van der Waals surface area contributed by atoms with Crippen molar-refractivity contribution in [1.29, 1.82) is 0 Å². The number of hydrogen-bond donors (Lipinski definition) is 0. The van der Waals surface area contributed by atoms with Crippen LogP contribution in [0.2, 0.25) is 0 Å². The molecule has 15 heavy (non-hydrogen) atoms. The molecule has 0 spiro atoms. The predicted molar refractivity (Wildman–Crippen MR) is 54.9 cm³/mol. The normalized spacial score (nSPS) is 10.3. The lowest BCUT2D eigenvalue weighted by atomic mass is 10.2. The van der Waals surface area contributed by atoms with Crippen LogP contribution in [0.1, 0.15) is 0 Å². The maximum atomic E-state index is 12.7. The van der Waals surface area contributed by atoms with E-state index in [1.807, 2.05) is 0 Å². The fraction of sp³-hybridized carbons (Fsp3) is 0.0909. The summed E-state index contributed by atoms with van der Waals surface area (Å²) in [5, 5.41) is 0. The van der Waals surface area contributed by atoms with Crippen LogP contribution in [0.3, 0.4) is 0 Å². The zero-order valence-corrected chi connectivity index (χ0v) is 8.14. The maximum Gasteiger partial charge on any atom is 0.253 e. The van der Waals surface area contributed by atoms with Gasteiger partial charge in [0.2, 0.25) is 0 Å². The standard InChI is InChI=1S/C11H9FN2O/c1-14-10(15)6-7-13-11(14)8-2-4-9(12)5-3-8/h2-7H,1H3. The Labute approximate surface area is 85.8 Å². The largest absolute Gasteiger partial charge is 0.296 e. The van der Waals surface area contributed by atoms with Gasteiger partial charge < -0.3 is 0 Å². The summed E-state index contributed by atoms with van der Waals surface area (Å²) in [5.41, 5.74) is 0.584. The Morgan fingerprint density at radius 2 is 1.87 bits per heavy atom. The lowest BCUT2D eigenvalue weighted by molar-refractivity contribution is 0.628. The Kier molecular flexibility index (Phi) is 2.33. The minimum atomic E-state index is -0.306. The molecule has 0 fully saturated rings. The van der Waals surface area contributed by atoms with Crippen molar-refractivity contribution in [1.82, 2.24) is 9.55 Å². The summed E-state index contributed by atoms with van der Waals surface area (Å²) >= 11 is 0. The Balaban J connectivity index is 2.59. The summed E-state index contributed by atoms with van der Waals surface area (Å²) in [5.74, 6) is 0.224. The van der Waals surface area contributed by atoms with Crippen molar-refractivity contribution in [2.24, 2.45) is 7.05 Å². The predicted octanol–water partition coefficient (Wildman–Crippen LogP) is 1.59. The van der Waals surface area contributed by atoms with E-state index >= 15 is 0 Å². The third kappa shape index (κ3) is 1.79. The molecule has 0 radical (unpaired) electrons. The molecule has 76 valence electrons. The molecule has 1 aromatic heterocycles. The van der Waals surface area contributed by atoms with Crippen molar-refractivity contribution >= 4 is 0 Å². The van der Waals surface area contributed by atoms with E-state index in [0.717, 1.165) is 5.56 Å². The highest BCUT2D eigenvalue weighted by atomic mass is 19.1. The summed E-state index contributed by atoms with van der Waals surface area (Å²) in [4.78, 5) is 15.4. The van der Waals surface area contributed by atoms with E-state index in [-0.39, 0.29) is 11.4 Å². The van der Waals surface area contributed by atoms with Crippen molar-refractivity contribution in [2.45, 2.75) is 0 Å². The average molecular weight is 204 g/mol. The van der Waals surface area contributed by atoms with Crippen molar-refractivity contribution in [3.05, 3.63) is 52.7 Å². The molecule has 0 unspecified atom stereocenters. The Morgan fingerprint density at radius 1 is 1.20 bits per heavy atom. The number of rotatable bonds is 1. The first-order valence-corrected chi connectivity index (χ1v) is 4.46. The van der Waals surface area contributed by atoms with Gasteiger partial charge in [0, 0.05) is 24.9 Å². The fourth-order valence-corrected chi connectivity index (χ4v) is 1.34. The number of halogens is 1. The zero-order valence-electron chi connectivity index (χ0n) is 8.14. The summed E-state index contributed by atoms with van der Waals surface area (Å²) in [6, 6.07) is 7.25. The van der Waals surface area contributed by atoms with Gasteiger partial charge in [-0.15, -0.1) is 0 Å². The maximum absolute atomic E-state index is 12.7. The van der Waals surface area contributed by atoms with E-state index in [2.05, 4.69) is 4.98 Å². The molecule has 0 aliphatic heterocycles. The van der Waals surface area contributed by atoms with Crippen molar-refractivity contribution in [2.75, 3.05) is 0 Å². The van der Waals surface area contributed by atoms with Gasteiger partial charge in [0.05, 0.1) is 0 Å². The summed E-state index contributed by atoms with van der Waals surface area (Å²) in [6.07, 6.45) is 1.45. The van der Waals surface area contributed by atoms with Crippen LogP contribution < -0.4 is 5.56 Å². The highest BCUT2D eigenvalue weighted by Crippen LogP contribution is 2.14. The molecule has 0 bridgehead atoms. The topological polar surface area (TPSA) is 34.9 Å². The molecule has 0 N–H and O–H groups in total. The average Bonchev–Trinajstić information content (AvgIpc) is 2.24. The second-order valence-electron chi connectivity index (χ2n) is 3.17. The SMILES string of the molecule is Cn1c(-c2ccc(F)cc2)nccc1=O. The van der Waals surface area contributed by atoms with Crippen LogP contribution in [0.4, 0.5) is 4.39 Å². The van der Waals surface area contributed by atoms with Gasteiger partial charge in [-0.05, 0) is 24.3 Å². The first kappa shape index (κ1) is 9.58. The third-order valence-corrected chi connectivity index (χ3v) is 2.16. The first-order valence-electron chi connectivity index (χ1n) is 4.46. The second-order valence-corrected chi connectivity index (χ2v) is 3.17. The van der Waals surface area contributed by atoms with Crippen LogP contribution in [0, 0.1) is 5.82 Å². The van der Waals surface area contributed by atoms with E-state index in [9.17, 15) is 9.18 Å². The molecule has 2 rings (SSSR count). The number of aromatic nitrogens is 2. The monoisotopic (exact) mass is 204 g/mol. The molecule has 2 aromatic rings. The van der Waals surface area contributed by atoms with Gasteiger partial charge in [-0.3, -0.25) is 9.36 Å². The summed E-state index contributed by atoms with van der Waals surface area (Å²) in [7, 11) is 1.63. The third-order valence-electron chi connectivity index (χ3n) is 2.16. The van der Waals surface area contributed by atoms with Crippen LogP contribution in [0.5, 0.6) is 0 Å². The van der Waals surface area contributed by atoms with Gasteiger partial charge in [-0.25, -0.2) is 9.37 Å². The van der Waals surface area contributed by atoms with Crippen LogP contribution in [0.25, 0.3) is 11.4 Å². The number of hydrogen-bond acceptors (Lipinski definition) is 2. The lowest BCUT2D eigenvalue weighted by Crippen LogP contribution is -2.17. The molecule has 0 atom stereocenters. The van der Waals surface area contributed by atoms with E-state index < -0.39 is 0 Å². The van der Waals surface area contributed by atoms with E-state index in [4.69, 9.17) is 0 Å². The molecule has 1 aromatic carbocycles. The van der Waals surface area contributed by atoms with Crippen LogP contribution >= 0.6 is 0 Å². The quantitative estimate of drug-likeness (QED) is 0.707. The fourth-order valence-electron chi connectivity index (χ4n) is 1.34. The van der Waals surface area contributed by atoms with Crippen molar-refractivity contribution < 1.29 is 4.39 Å². The van der Waals surface area contributed by atoms with E-state index in [0.29, 0.717) is 5.82 Å². The molecule has 3 nitrogen and oxygen atoms in total. The van der Waals surface area contributed by atoms with Crippen molar-refractivity contribution in [3.8, 4) is 11.4 Å². The van der Waals surface area contributed by atoms with Gasteiger partial charge in [-0.2, -0.15) is 0 Å². The highest BCUT2D eigenvalue weighted by molar-refractivity contribution is 5.54. The van der Waals surface area contributed by atoms with Crippen LogP contribution in [0.15, 0.2) is 41.3 Å². The van der Waals surface area contributed by atoms with Crippen LogP contribution in [-0.2, 0) is 7.05 Å². The minimum Gasteiger partial charge on any atom is -0.296 e. The molecule has 4 heteroatoms. The number of nitrogens with zero attached hydrogens (tertiary/aromatic N) is 2. The first-order chi connectivity index (χ1) is 7.18. The molecular weight excluding hydrogens is 195 g/mol. The lowest BCUT2D eigenvalue weighted by Gasteiger charge is -2.05. The summed E-state index contributed by atoms with van der Waals surface area (Å²) < 4.78 is 14.1. The molecule has 0 saturated heterocycles.